The lowest BCUT2D eigenvalue weighted by atomic mass is 10.2. The normalized spacial score (nSPS) is 13.5. The summed E-state index contributed by atoms with van der Waals surface area (Å²) in [5, 5.41) is -0.349. The highest BCUT2D eigenvalue weighted by Gasteiger charge is 2.20. The van der Waals surface area contributed by atoms with Crippen LogP contribution in [0.5, 0.6) is 0 Å². The molecule has 1 unspecified atom stereocenters. The predicted molar refractivity (Wildman–Crippen MR) is 68.8 cm³/mol. The molecule has 0 fully saturated rings. The van der Waals surface area contributed by atoms with E-state index in [1.165, 1.54) is 6.07 Å². The van der Waals surface area contributed by atoms with Crippen LogP contribution in [0, 0.1) is 17.6 Å². The van der Waals surface area contributed by atoms with Crippen LogP contribution in [0.2, 0.25) is 0 Å². The largest absolute Gasteiger partial charge is 0.324 e. The van der Waals surface area contributed by atoms with Gasteiger partial charge in [0.05, 0.1) is 10.9 Å². The fourth-order valence-electron chi connectivity index (χ4n) is 2.03. The van der Waals surface area contributed by atoms with Crippen molar-refractivity contribution in [2.45, 2.75) is 32.7 Å². The van der Waals surface area contributed by atoms with Crippen LogP contribution in [0.15, 0.2) is 12.1 Å². The predicted octanol–water partition coefficient (Wildman–Crippen LogP) is 4.27. The quantitative estimate of drug-likeness (QED) is 0.763. The molecule has 0 N–H and O–H groups in total. The summed E-state index contributed by atoms with van der Waals surface area (Å²) in [5.41, 5.74) is 0.642. The molecule has 0 aliphatic heterocycles. The minimum Gasteiger partial charge on any atom is -0.324 e. The van der Waals surface area contributed by atoms with E-state index in [2.05, 4.69) is 4.98 Å². The Morgan fingerprint density at radius 1 is 1.28 bits per heavy atom. The Labute approximate surface area is 110 Å². The first-order valence-corrected chi connectivity index (χ1v) is 6.33. The zero-order chi connectivity index (χ0) is 13.4. The first-order valence-electron chi connectivity index (χ1n) is 5.90. The first-order chi connectivity index (χ1) is 8.41. The molecule has 0 aliphatic carbocycles. The SMILES string of the molecule is CC(C)Cn1c(C(C)Cl)nc2ccc(F)c(F)c21. The molecule has 1 atom stereocenters. The lowest BCUT2D eigenvalue weighted by Gasteiger charge is -2.13. The Balaban J connectivity index is 2.74. The molecule has 0 saturated heterocycles. The monoisotopic (exact) mass is 272 g/mol. The molecular weight excluding hydrogens is 258 g/mol. The maximum Gasteiger partial charge on any atom is 0.184 e. The summed E-state index contributed by atoms with van der Waals surface area (Å²) in [5.74, 6) is -0.852. The Hall–Kier alpha value is -1.16. The molecule has 0 bridgehead atoms. The molecule has 5 heteroatoms. The van der Waals surface area contributed by atoms with Gasteiger partial charge in [-0.25, -0.2) is 13.8 Å². The Kier molecular flexibility index (Phi) is 3.57. The van der Waals surface area contributed by atoms with Gasteiger partial charge in [0.15, 0.2) is 11.6 Å². The van der Waals surface area contributed by atoms with E-state index in [4.69, 9.17) is 11.6 Å². The van der Waals surface area contributed by atoms with Crippen LogP contribution >= 0.6 is 11.6 Å². The van der Waals surface area contributed by atoms with Gasteiger partial charge in [0, 0.05) is 6.54 Å². The van der Waals surface area contributed by atoms with Gasteiger partial charge in [0.1, 0.15) is 11.3 Å². The molecule has 2 rings (SSSR count). The molecule has 0 aliphatic rings. The molecule has 0 radical (unpaired) electrons. The Morgan fingerprint density at radius 3 is 2.50 bits per heavy atom. The van der Waals surface area contributed by atoms with Crippen molar-refractivity contribution in [1.82, 2.24) is 9.55 Å². The van der Waals surface area contributed by atoms with E-state index >= 15 is 0 Å². The van der Waals surface area contributed by atoms with Crippen molar-refractivity contribution >= 4 is 22.6 Å². The zero-order valence-electron chi connectivity index (χ0n) is 10.5. The maximum atomic E-state index is 13.9. The number of rotatable bonds is 3. The van der Waals surface area contributed by atoms with Crippen molar-refractivity contribution in [3.05, 3.63) is 29.6 Å². The Bertz CT molecular complexity index is 576. The van der Waals surface area contributed by atoms with Gasteiger partial charge in [-0.15, -0.1) is 11.6 Å². The molecule has 1 aromatic heterocycles. The lowest BCUT2D eigenvalue weighted by Crippen LogP contribution is -2.10. The number of alkyl halides is 1. The highest BCUT2D eigenvalue weighted by molar-refractivity contribution is 6.20. The number of imidazole rings is 1. The fourth-order valence-corrected chi connectivity index (χ4v) is 2.20. The number of nitrogens with zero attached hydrogens (tertiary/aromatic N) is 2. The van der Waals surface area contributed by atoms with E-state index in [-0.39, 0.29) is 10.9 Å². The molecule has 1 heterocycles. The third-order valence-corrected chi connectivity index (χ3v) is 2.93. The average Bonchev–Trinajstić information content (AvgIpc) is 2.62. The fraction of sp³-hybridized carbons (Fsp3) is 0.462. The second-order valence-electron chi connectivity index (χ2n) is 4.82. The standard InChI is InChI=1S/C13H15ClF2N2/c1-7(2)6-18-12-10(17-13(18)8(3)14)5-4-9(15)11(12)16/h4-5,7-8H,6H2,1-3H3. The van der Waals surface area contributed by atoms with Crippen LogP contribution in [-0.2, 0) is 6.54 Å². The van der Waals surface area contributed by atoms with Crippen LogP contribution in [0.25, 0.3) is 11.0 Å². The van der Waals surface area contributed by atoms with Gasteiger partial charge in [-0.3, -0.25) is 0 Å². The second kappa shape index (κ2) is 4.84. The minimum absolute atomic E-state index is 0.200. The van der Waals surface area contributed by atoms with E-state index in [9.17, 15) is 8.78 Å². The summed E-state index contributed by atoms with van der Waals surface area (Å²) in [4.78, 5) is 4.29. The molecular formula is C13H15ClF2N2. The van der Waals surface area contributed by atoms with E-state index in [0.717, 1.165) is 6.07 Å². The molecule has 98 valence electrons. The van der Waals surface area contributed by atoms with Crippen molar-refractivity contribution in [1.29, 1.82) is 0 Å². The Morgan fingerprint density at radius 2 is 1.94 bits per heavy atom. The van der Waals surface area contributed by atoms with Crippen molar-refractivity contribution in [2.24, 2.45) is 5.92 Å². The highest BCUT2D eigenvalue weighted by atomic mass is 35.5. The summed E-state index contributed by atoms with van der Waals surface area (Å²) >= 11 is 6.06. The van der Waals surface area contributed by atoms with E-state index in [1.54, 1.807) is 11.5 Å². The summed E-state index contributed by atoms with van der Waals surface area (Å²) in [6.45, 7) is 6.34. The number of hydrogen-bond donors (Lipinski definition) is 0. The second-order valence-corrected chi connectivity index (χ2v) is 5.47. The number of halogens is 3. The van der Waals surface area contributed by atoms with Gasteiger partial charge in [-0.2, -0.15) is 0 Å². The summed E-state index contributed by atoms with van der Waals surface area (Å²) in [6.07, 6.45) is 0. The summed E-state index contributed by atoms with van der Waals surface area (Å²) in [7, 11) is 0. The topological polar surface area (TPSA) is 17.8 Å². The molecule has 0 spiro atoms. The first kappa shape index (κ1) is 13.3. The molecule has 1 aromatic carbocycles. The summed E-state index contributed by atoms with van der Waals surface area (Å²) < 4.78 is 28.9. The summed E-state index contributed by atoms with van der Waals surface area (Å²) in [6, 6.07) is 2.57. The number of fused-ring (bicyclic) bond motifs is 1. The smallest absolute Gasteiger partial charge is 0.184 e. The molecule has 18 heavy (non-hydrogen) atoms. The number of hydrogen-bond acceptors (Lipinski definition) is 1. The molecule has 0 amide bonds. The molecule has 2 aromatic rings. The zero-order valence-corrected chi connectivity index (χ0v) is 11.3. The van der Waals surface area contributed by atoms with Crippen molar-refractivity contribution in [3.8, 4) is 0 Å². The van der Waals surface area contributed by atoms with E-state index < -0.39 is 11.6 Å². The van der Waals surface area contributed by atoms with Gasteiger partial charge in [0.2, 0.25) is 0 Å². The number of benzene rings is 1. The van der Waals surface area contributed by atoms with Crippen molar-refractivity contribution < 1.29 is 8.78 Å². The third kappa shape index (κ3) is 2.21. The molecule has 0 saturated carbocycles. The van der Waals surface area contributed by atoms with Gasteiger partial charge in [-0.05, 0) is 25.0 Å². The average molecular weight is 273 g/mol. The van der Waals surface area contributed by atoms with Gasteiger partial charge >= 0.3 is 0 Å². The van der Waals surface area contributed by atoms with E-state index in [0.29, 0.717) is 23.8 Å². The van der Waals surface area contributed by atoms with Crippen LogP contribution < -0.4 is 0 Å². The van der Waals surface area contributed by atoms with Crippen LogP contribution in [0.4, 0.5) is 8.78 Å². The van der Waals surface area contributed by atoms with Gasteiger partial charge < -0.3 is 4.57 Å². The number of aromatic nitrogens is 2. The van der Waals surface area contributed by atoms with Crippen LogP contribution in [-0.4, -0.2) is 9.55 Å². The third-order valence-electron chi connectivity index (χ3n) is 2.73. The van der Waals surface area contributed by atoms with E-state index in [1.807, 2.05) is 13.8 Å². The maximum absolute atomic E-state index is 13.9. The van der Waals surface area contributed by atoms with Gasteiger partial charge in [-0.1, -0.05) is 13.8 Å². The lowest BCUT2D eigenvalue weighted by molar-refractivity contribution is 0.490. The highest BCUT2D eigenvalue weighted by Crippen LogP contribution is 2.28. The van der Waals surface area contributed by atoms with Crippen molar-refractivity contribution in [2.75, 3.05) is 0 Å². The van der Waals surface area contributed by atoms with Crippen LogP contribution in [0.1, 0.15) is 32.0 Å². The van der Waals surface area contributed by atoms with Crippen molar-refractivity contribution in [3.63, 3.8) is 0 Å². The van der Waals surface area contributed by atoms with Gasteiger partial charge in [0.25, 0.3) is 0 Å². The molecule has 2 nitrogen and oxygen atoms in total. The van der Waals surface area contributed by atoms with Crippen LogP contribution in [0.3, 0.4) is 0 Å². The minimum atomic E-state index is -0.860.